The summed E-state index contributed by atoms with van der Waals surface area (Å²) in [6.45, 7) is 4.92. The first kappa shape index (κ1) is 21.2. The Morgan fingerprint density at radius 2 is 2.03 bits per heavy atom. The number of aromatic nitrogens is 3. The van der Waals surface area contributed by atoms with Gasteiger partial charge in [-0.15, -0.1) is 11.3 Å². The molecule has 0 N–H and O–H groups in total. The van der Waals surface area contributed by atoms with Crippen molar-refractivity contribution in [2.45, 2.75) is 52.3 Å². The molecule has 8 heteroatoms. The highest BCUT2D eigenvalue weighted by Gasteiger charge is 2.25. The van der Waals surface area contributed by atoms with Crippen molar-refractivity contribution in [3.63, 3.8) is 0 Å². The van der Waals surface area contributed by atoms with Crippen LogP contribution in [0.3, 0.4) is 0 Å². The lowest BCUT2D eigenvalue weighted by Crippen LogP contribution is -2.33. The zero-order chi connectivity index (χ0) is 23.4. The molecule has 0 radical (unpaired) electrons. The molecule has 3 aromatic heterocycles. The topological polar surface area (TPSA) is 75.4 Å². The molecule has 2 aliphatic rings. The third kappa shape index (κ3) is 3.44. The lowest BCUT2D eigenvalue weighted by Gasteiger charge is -2.27. The number of ether oxygens (including phenoxy) is 2. The van der Waals surface area contributed by atoms with Crippen molar-refractivity contribution in [2.75, 3.05) is 6.61 Å². The van der Waals surface area contributed by atoms with Crippen molar-refractivity contribution in [3.8, 4) is 11.5 Å². The van der Waals surface area contributed by atoms with Crippen molar-refractivity contribution in [3.05, 3.63) is 74.4 Å². The molecule has 0 amide bonds. The first-order chi connectivity index (χ1) is 16.5. The summed E-state index contributed by atoms with van der Waals surface area (Å²) in [5.74, 6) is 1.39. The lowest BCUT2D eigenvalue weighted by atomic mass is 10.1. The Morgan fingerprint density at radius 3 is 2.88 bits per heavy atom. The Kier molecular flexibility index (Phi) is 5.06. The number of Topliss-reactive ketones (excluding diaryl/α,β-unsaturated/α-hetero) is 1. The van der Waals surface area contributed by atoms with Crippen molar-refractivity contribution in [1.29, 1.82) is 0 Å². The maximum absolute atomic E-state index is 13.3. The molecule has 1 aliphatic heterocycles. The Bertz CT molecular complexity index is 1500. The molecule has 1 atom stereocenters. The highest BCUT2D eigenvalue weighted by Crippen LogP contribution is 2.34. The minimum atomic E-state index is -0.155. The average Bonchev–Trinajstić information content (AvgIpc) is 3.50. The second-order valence-electron chi connectivity index (χ2n) is 9.03. The molecule has 1 unspecified atom stereocenters. The molecule has 0 saturated heterocycles. The van der Waals surface area contributed by atoms with Crippen LogP contribution in [0.25, 0.3) is 10.2 Å². The van der Waals surface area contributed by atoms with Crippen LogP contribution in [0.15, 0.2) is 41.5 Å². The van der Waals surface area contributed by atoms with E-state index in [9.17, 15) is 9.59 Å². The fraction of sp³-hybridized carbons (Fsp3) is 0.346. The number of benzene rings is 1. The Hall–Kier alpha value is -3.39. The van der Waals surface area contributed by atoms with Crippen LogP contribution in [0.2, 0.25) is 0 Å². The second kappa shape index (κ2) is 8.13. The predicted molar refractivity (Wildman–Crippen MR) is 130 cm³/mol. The van der Waals surface area contributed by atoms with E-state index in [4.69, 9.17) is 9.47 Å². The van der Waals surface area contributed by atoms with Gasteiger partial charge in [-0.2, -0.15) is 0 Å². The molecule has 174 valence electrons. The first-order valence-corrected chi connectivity index (χ1v) is 12.4. The number of carbonyl (C=O) groups excluding carboxylic acids is 1. The van der Waals surface area contributed by atoms with Gasteiger partial charge in [0.25, 0.3) is 5.56 Å². The van der Waals surface area contributed by atoms with E-state index in [0.29, 0.717) is 24.1 Å². The number of carbonyl (C=O) groups is 1. The number of thiophene rings is 1. The van der Waals surface area contributed by atoms with E-state index in [0.717, 1.165) is 52.5 Å². The van der Waals surface area contributed by atoms with Gasteiger partial charge in [0.15, 0.2) is 23.4 Å². The molecule has 0 saturated carbocycles. The van der Waals surface area contributed by atoms with Crippen molar-refractivity contribution < 1.29 is 14.3 Å². The standard InChI is InChI=1S/C26H25N3O4S/c1-15-10-19(16(2)29(15)11-17-13-32-21-7-3-4-8-22(21)33-17)20(30)12-28-14-27-25-24(26(28)31)18-6-5-9-23(18)34-25/h3-4,7-8,10,14,17H,5-6,9,11-13H2,1-2H3. The molecule has 1 aliphatic carbocycles. The van der Waals surface area contributed by atoms with Crippen LogP contribution in [0.4, 0.5) is 0 Å². The largest absolute Gasteiger partial charge is 0.486 e. The molecule has 0 spiro atoms. The number of ketones is 1. The summed E-state index contributed by atoms with van der Waals surface area (Å²) in [7, 11) is 0. The van der Waals surface area contributed by atoms with Crippen LogP contribution in [0.5, 0.6) is 11.5 Å². The van der Waals surface area contributed by atoms with Gasteiger partial charge in [-0.25, -0.2) is 4.98 Å². The van der Waals surface area contributed by atoms with Crippen LogP contribution >= 0.6 is 11.3 Å². The molecule has 1 aromatic carbocycles. The van der Waals surface area contributed by atoms with Crippen LogP contribution in [0.1, 0.15) is 38.6 Å². The molecular weight excluding hydrogens is 450 g/mol. The van der Waals surface area contributed by atoms with Gasteiger partial charge in [-0.3, -0.25) is 14.2 Å². The minimum absolute atomic E-state index is 0.0207. The van der Waals surface area contributed by atoms with Gasteiger partial charge in [-0.1, -0.05) is 12.1 Å². The summed E-state index contributed by atoms with van der Waals surface area (Å²) < 4.78 is 15.5. The highest BCUT2D eigenvalue weighted by atomic mass is 32.1. The fourth-order valence-electron chi connectivity index (χ4n) is 5.09. The number of hydrogen-bond donors (Lipinski definition) is 0. The van der Waals surface area contributed by atoms with Gasteiger partial charge >= 0.3 is 0 Å². The molecule has 0 fully saturated rings. The molecule has 4 heterocycles. The summed E-state index contributed by atoms with van der Waals surface area (Å²) in [4.78, 5) is 33.0. The van der Waals surface area contributed by atoms with Crippen LogP contribution in [-0.2, 0) is 25.9 Å². The zero-order valence-electron chi connectivity index (χ0n) is 19.2. The molecule has 7 nitrogen and oxygen atoms in total. The summed E-state index contributed by atoms with van der Waals surface area (Å²) in [5, 5.41) is 0.702. The molecule has 0 bridgehead atoms. The lowest BCUT2D eigenvalue weighted by molar-refractivity contribution is 0.0777. The number of rotatable bonds is 5. The summed E-state index contributed by atoms with van der Waals surface area (Å²) in [6, 6.07) is 9.54. The SMILES string of the molecule is Cc1cc(C(=O)Cn2cnc3sc4c(c3c2=O)CCC4)c(C)n1CC1COc2ccccc2O1. The van der Waals surface area contributed by atoms with E-state index in [1.807, 2.05) is 44.2 Å². The van der Waals surface area contributed by atoms with Gasteiger partial charge in [0.1, 0.15) is 11.4 Å². The predicted octanol–water partition coefficient (Wildman–Crippen LogP) is 4.09. The third-order valence-electron chi connectivity index (χ3n) is 6.83. The quantitative estimate of drug-likeness (QED) is 0.407. The Morgan fingerprint density at radius 1 is 1.21 bits per heavy atom. The van der Waals surface area contributed by atoms with E-state index >= 15 is 0 Å². The van der Waals surface area contributed by atoms with Crippen molar-refractivity contribution >= 4 is 27.3 Å². The normalized spacial score (nSPS) is 16.7. The number of hydrogen-bond acceptors (Lipinski definition) is 6. The van der Waals surface area contributed by atoms with Crippen molar-refractivity contribution in [1.82, 2.24) is 14.1 Å². The van der Waals surface area contributed by atoms with Gasteiger partial charge in [-0.05, 0) is 56.9 Å². The molecule has 34 heavy (non-hydrogen) atoms. The van der Waals surface area contributed by atoms with E-state index in [1.54, 1.807) is 11.3 Å². The number of para-hydroxylation sites is 2. The highest BCUT2D eigenvalue weighted by molar-refractivity contribution is 7.18. The second-order valence-corrected chi connectivity index (χ2v) is 10.1. The van der Waals surface area contributed by atoms with Crippen LogP contribution in [0, 0.1) is 13.8 Å². The smallest absolute Gasteiger partial charge is 0.262 e. The summed E-state index contributed by atoms with van der Waals surface area (Å²) in [6.07, 6.45) is 4.37. The summed E-state index contributed by atoms with van der Waals surface area (Å²) >= 11 is 1.61. The third-order valence-corrected chi connectivity index (χ3v) is 8.03. The van der Waals surface area contributed by atoms with Gasteiger partial charge in [0, 0.05) is 21.8 Å². The number of aryl methyl sites for hydroxylation is 3. The fourth-order valence-corrected chi connectivity index (χ4v) is 6.31. The molecular formula is C26H25N3O4S. The first-order valence-electron chi connectivity index (χ1n) is 11.6. The van der Waals surface area contributed by atoms with Crippen LogP contribution < -0.4 is 15.0 Å². The minimum Gasteiger partial charge on any atom is -0.486 e. The van der Waals surface area contributed by atoms with E-state index < -0.39 is 0 Å². The average molecular weight is 476 g/mol. The Balaban J connectivity index is 1.24. The number of fused-ring (bicyclic) bond motifs is 4. The van der Waals surface area contributed by atoms with Gasteiger partial charge in [0.2, 0.25) is 0 Å². The molecule has 4 aromatic rings. The van der Waals surface area contributed by atoms with Gasteiger partial charge in [0.05, 0.1) is 24.8 Å². The summed E-state index contributed by atoms with van der Waals surface area (Å²) in [5.41, 5.74) is 3.48. The van der Waals surface area contributed by atoms with E-state index in [2.05, 4.69) is 9.55 Å². The maximum Gasteiger partial charge on any atom is 0.262 e. The maximum atomic E-state index is 13.3. The van der Waals surface area contributed by atoms with E-state index in [1.165, 1.54) is 15.8 Å². The van der Waals surface area contributed by atoms with Gasteiger partial charge < -0.3 is 14.0 Å². The van der Waals surface area contributed by atoms with Crippen LogP contribution in [-0.4, -0.2) is 32.6 Å². The van der Waals surface area contributed by atoms with Crippen molar-refractivity contribution in [2.24, 2.45) is 0 Å². The molecule has 6 rings (SSSR count). The zero-order valence-corrected chi connectivity index (χ0v) is 20.0. The number of nitrogens with zero attached hydrogens (tertiary/aromatic N) is 3. The van der Waals surface area contributed by atoms with E-state index in [-0.39, 0.29) is 24.0 Å². The Labute approximate surface area is 200 Å². The monoisotopic (exact) mass is 475 g/mol.